The Bertz CT molecular complexity index is 1140. The zero-order chi connectivity index (χ0) is 25.8. The minimum atomic E-state index is -0.359. The monoisotopic (exact) mass is 491 g/mol. The summed E-state index contributed by atoms with van der Waals surface area (Å²) in [5, 5.41) is 14.0. The molecule has 0 bridgehead atoms. The lowest BCUT2D eigenvalue weighted by atomic mass is 10.1. The van der Waals surface area contributed by atoms with Crippen LogP contribution in [0.2, 0.25) is 0 Å². The van der Waals surface area contributed by atoms with Crippen LogP contribution in [0.1, 0.15) is 11.1 Å². The molecule has 0 saturated heterocycles. The summed E-state index contributed by atoms with van der Waals surface area (Å²) in [7, 11) is 4.05. The Morgan fingerprint density at radius 1 is 0.861 bits per heavy atom. The Morgan fingerprint density at radius 2 is 1.56 bits per heavy atom. The first-order chi connectivity index (χ1) is 17.4. The zero-order valence-corrected chi connectivity index (χ0v) is 21.4. The molecule has 0 fully saturated rings. The van der Waals surface area contributed by atoms with Crippen LogP contribution in [-0.4, -0.2) is 80.2 Å². The number of nitrogens with one attached hydrogen (secondary N) is 4. The Morgan fingerprint density at radius 3 is 2.33 bits per heavy atom. The van der Waals surface area contributed by atoms with E-state index < -0.39 is 0 Å². The van der Waals surface area contributed by atoms with Crippen molar-refractivity contribution in [1.82, 2.24) is 30.7 Å². The Balaban J connectivity index is 1.49. The molecule has 192 valence electrons. The number of fused-ring (bicyclic) bond motifs is 1. The predicted octanol–water partition coefficient (Wildman–Crippen LogP) is 3.03. The van der Waals surface area contributed by atoms with Gasteiger partial charge >= 0.3 is 12.1 Å². The molecule has 9 nitrogen and oxygen atoms in total. The van der Waals surface area contributed by atoms with E-state index in [4.69, 9.17) is 0 Å². The number of pyridine rings is 1. The van der Waals surface area contributed by atoms with Gasteiger partial charge < -0.3 is 25.8 Å². The van der Waals surface area contributed by atoms with Gasteiger partial charge in [0.05, 0.1) is 0 Å². The number of hydrogen-bond donors (Lipinski definition) is 4. The minimum absolute atomic E-state index is 0.161. The van der Waals surface area contributed by atoms with E-state index in [9.17, 15) is 9.59 Å². The number of urea groups is 2. The minimum Gasteiger partial charge on any atom is -0.336 e. The third kappa shape index (κ3) is 8.83. The molecule has 1 aromatic heterocycles. The second-order valence-corrected chi connectivity index (χ2v) is 8.92. The fourth-order valence-electron chi connectivity index (χ4n) is 3.66. The van der Waals surface area contributed by atoms with E-state index in [0.29, 0.717) is 38.5 Å². The van der Waals surface area contributed by atoms with Crippen molar-refractivity contribution in [2.75, 3.05) is 58.7 Å². The molecule has 0 aliphatic heterocycles. The summed E-state index contributed by atoms with van der Waals surface area (Å²) in [6.07, 6.45) is 1.73. The van der Waals surface area contributed by atoms with Gasteiger partial charge in [-0.15, -0.1) is 0 Å². The predicted molar refractivity (Wildman–Crippen MR) is 145 cm³/mol. The molecule has 3 aromatic rings. The van der Waals surface area contributed by atoms with E-state index in [0.717, 1.165) is 35.0 Å². The molecule has 0 spiro atoms. The molecule has 2 aromatic carbocycles. The lowest BCUT2D eigenvalue weighted by molar-refractivity contribution is 0.197. The standard InChI is InChI=1S/C27H37N7O2/c1-21-8-4-5-10-23(21)19-31-27(36)34(16-13-28-12-15-33(2)3)17-14-29-26(35)32-25-18-22-9-6-7-11-24(22)20-30-25/h4-11,18,20,28H,12-17,19H2,1-3H3,(H,31,36)(H2,29,30,32,35). The summed E-state index contributed by atoms with van der Waals surface area (Å²) in [5.74, 6) is 0.476. The Kier molecular flexibility index (Phi) is 10.5. The third-order valence-electron chi connectivity index (χ3n) is 5.81. The molecule has 9 heteroatoms. The van der Waals surface area contributed by atoms with Crippen LogP contribution in [-0.2, 0) is 6.54 Å². The number of carbonyl (C=O) groups excluding carboxylic acids is 2. The van der Waals surface area contributed by atoms with Crippen molar-refractivity contribution in [2.45, 2.75) is 13.5 Å². The van der Waals surface area contributed by atoms with Gasteiger partial charge in [0.2, 0.25) is 0 Å². The van der Waals surface area contributed by atoms with Gasteiger partial charge in [-0.05, 0) is 43.6 Å². The van der Waals surface area contributed by atoms with Gasteiger partial charge in [-0.25, -0.2) is 14.6 Å². The van der Waals surface area contributed by atoms with Gasteiger partial charge in [-0.1, -0.05) is 48.5 Å². The van der Waals surface area contributed by atoms with Gasteiger partial charge in [0.15, 0.2) is 0 Å². The van der Waals surface area contributed by atoms with Crippen LogP contribution in [0.25, 0.3) is 10.8 Å². The Hall–Kier alpha value is -3.69. The van der Waals surface area contributed by atoms with Crippen LogP contribution in [0.15, 0.2) is 60.8 Å². The van der Waals surface area contributed by atoms with Crippen molar-refractivity contribution in [3.8, 4) is 0 Å². The Labute approximate surface area is 213 Å². The molecule has 0 atom stereocenters. The second kappa shape index (κ2) is 14.0. The largest absolute Gasteiger partial charge is 0.336 e. The van der Waals surface area contributed by atoms with Gasteiger partial charge in [-0.3, -0.25) is 5.32 Å². The number of amides is 4. The first-order valence-electron chi connectivity index (χ1n) is 12.2. The number of rotatable bonds is 12. The molecule has 0 aliphatic carbocycles. The summed E-state index contributed by atoms with van der Waals surface area (Å²) < 4.78 is 0. The highest BCUT2D eigenvalue weighted by molar-refractivity contribution is 5.91. The number of aryl methyl sites for hydroxylation is 1. The summed E-state index contributed by atoms with van der Waals surface area (Å²) in [6, 6.07) is 17.1. The number of anilines is 1. The normalized spacial score (nSPS) is 10.9. The molecular formula is C27H37N7O2. The van der Waals surface area contributed by atoms with E-state index in [1.165, 1.54) is 0 Å². The van der Waals surface area contributed by atoms with Crippen molar-refractivity contribution in [3.05, 3.63) is 71.9 Å². The van der Waals surface area contributed by atoms with Crippen LogP contribution in [0.5, 0.6) is 0 Å². The maximum absolute atomic E-state index is 12.9. The van der Waals surface area contributed by atoms with Gasteiger partial charge in [0.1, 0.15) is 5.82 Å². The zero-order valence-electron chi connectivity index (χ0n) is 21.4. The van der Waals surface area contributed by atoms with E-state index in [2.05, 4.69) is 31.2 Å². The third-order valence-corrected chi connectivity index (χ3v) is 5.81. The maximum Gasteiger partial charge on any atom is 0.320 e. The molecule has 36 heavy (non-hydrogen) atoms. The van der Waals surface area contributed by atoms with Crippen molar-refractivity contribution in [1.29, 1.82) is 0 Å². The van der Waals surface area contributed by atoms with Gasteiger partial charge in [0, 0.05) is 57.4 Å². The second-order valence-electron chi connectivity index (χ2n) is 8.92. The fraction of sp³-hybridized carbons (Fsp3) is 0.370. The molecule has 4 amide bonds. The van der Waals surface area contributed by atoms with E-state index >= 15 is 0 Å². The molecule has 0 saturated carbocycles. The average Bonchev–Trinajstić information content (AvgIpc) is 2.86. The van der Waals surface area contributed by atoms with Crippen LogP contribution >= 0.6 is 0 Å². The quantitative estimate of drug-likeness (QED) is 0.292. The molecular weight excluding hydrogens is 454 g/mol. The number of hydrogen-bond acceptors (Lipinski definition) is 5. The SMILES string of the molecule is Cc1ccccc1CNC(=O)N(CCNCCN(C)C)CCNC(=O)Nc1cc2ccccc2cn1. The van der Waals surface area contributed by atoms with E-state index in [1.807, 2.05) is 75.6 Å². The summed E-state index contributed by atoms with van der Waals surface area (Å²) >= 11 is 0. The lowest BCUT2D eigenvalue weighted by Crippen LogP contribution is -2.47. The van der Waals surface area contributed by atoms with Crippen LogP contribution < -0.4 is 21.3 Å². The van der Waals surface area contributed by atoms with Gasteiger partial charge in [0.25, 0.3) is 0 Å². The number of benzene rings is 2. The molecule has 0 aliphatic rings. The van der Waals surface area contributed by atoms with Crippen molar-refractivity contribution < 1.29 is 9.59 Å². The molecule has 0 radical (unpaired) electrons. The molecule has 1 heterocycles. The van der Waals surface area contributed by atoms with Crippen molar-refractivity contribution in [2.24, 2.45) is 0 Å². The smallest absolute Gasteiger partial charge is 0.320 e. The summed E-state index contributed by atoms with van der Waals surface area (Å²) in [6.45, 7) is 6.14. The number of carbonyl (C=O) groups is 2. The number of nitrogens with zero attached hydrogens (tertiary/aromatic N) is 3. The molecule has 0 unspecified atom stereocenters. The van der Waals surface area contributed by atoms with Gasteiger partial charge in [-0.2, -0.15) is 0 Å². The summed E-state index contributed by atoms with van der Waals surface area (Å²) in [4.78, 5) is 33.5. The van der Waals surface area contributed by atoms with Crippen LogP contribution in [0, 0.1) is 6.92 Å². The number of aromatic nitrogens is 1. The van der Waals surface area contributed by atoms with Crippen molar-refractivity contribution in [3.63, 3.8) is 0 Å². The molecule has 3 rings (SSSR count). The maximum atomic E-state index is 12.9. The fourth-order valence-corrected chi connectivity index (χ4v) is 3.66. The lowest BCUT2D eigenvalue weighted by Gasteiger charge is -2.24. The average molecular weight is 492 g/mol. The van der Waals surface area contributed by atoms with Crippen LogP contribution in [0.4, 0.5) is 15.4 Å². The summed E-state index contributed by atoms with van der Waals surface area (Å²) in [5.41, 5.74) is 2.21. The topological polar surface area (TPSA) is 102 Å². The van der Waals surface area contributed by atoms with E-state index in [1.54, 1.807) is 11.1 Å². The van der Waals surface area contributed by atoms with Crippen molar-refractivity contribution >= 4 is 28.7 Å². The molecule has 4 N–H and O–H groups in total. The highest BCUT2D eigenvalue weighted by Crippen LogP contribution is 2.15. The highest BCUT2D eigenvalue weighted by Gasteiger charge is 2.14. The highest BCUT2D eigenvalue weighted by atomic mass is 16.2. The number of likely N-dealkylation sites (N-methyl/N-ethyl adjacent to an activating group) is 1. The first-order valence-corrected chi connectivity index (χ1v) is 12.2. The van der Waals surface area contributed by atoms with Crippen LogP contribution in [0.3, 0.4) is 0 Å². The first kappa shape index (κ1) is 26.9. The van der Waals surface area contributed by atoms with E-state index in [-0.39, 0.29) is 12.1 Å².